The molecule has 6 nitrogen and oxygen atoms in total. The molecule has 0 aliphatic heterocycles. The molecule has 0 bridgehead atoms. The van der Waals surface area contributed by atoms with Crippen LogP contribution in [0.5, 0.6) is 0 Å². The van der Waals surface area contributed by atoms with Gasteiger partial charge in [-0.15, -0.1) is 11.3 Å². The number of hydrogen-bond acceptors (Lipinski definition) is 5. The number of nitrogens with one attached hydrogen (secondary N) is 1. The van der Waals surface area contributed by atoms with E-state index in [-0.39, 0.29) is 0 Å². The largest absolute Gasteiger partial charge is 0.452 e. The summed E-state index contributed by atoms with van der Waals surface area (Å²) >= 11 is 1.36. The lowest BCUT2D eigenvalue weighted by Crippen LogP contribution is -2.22. The second kappa shape index (κ2) is 8.18. The van der Waals surface area contributed by atoms with Gasteiger partial charge in [0, 0.05) is 11.0 Å². The molecule has 0 radical (unpaired) electrons. The van der Waals surface area contributed by atoms with Gasteiger partial charge in [-0.3, -0.25) is 9.59 Å². The fourth-order valence-corrected chi connectivity index (χ4v) is 4.25. The summed E-state index contributed by atoms with van der Waals surface area (Å²) in [4.78, 5) is 36.6. The molecule has 0 unspecified atom stereocenters. The van der Waals surface area contributed by atoms with Gasteiger partial charge in [0.2, 0.25) is 0 Å². The van der Waals surface area contributed by atoms with Crippen LogP contribution < -0.4 is 11.1 Å². The number of anilines is 1. The summed E-state index contributed by atoms with van der Waals surface area (Å²) in [6.07, 6.45) is 5.55. The van der Waals surface area contributed by atoms with E-state index in [0.717, 1.165) is 40.8 Å². The van der Waals surface area contributed by atoms with Crippen molar-refractivity contribution in [3.63, 3.8) is 0 Å². The van der Waals surface area contributed by atoms with Gasteiger partial charge in [-0.05, 0) is 43.4 Å². The summed E-state index contributed by atoms with van der Waals surface area (Å²) in [5.74, 6) is -1.67. The number of nitrogens with two attached hydrogens (primary N) is 1. The van der Waals surface area contributed by atoms with Gasteiger partial charge >= 0.3 is 5.97 Å². The maximum Gasteiger partial charge on any atom is 0.331 e. The summed E-state index contributed by atoms with van der Waals surface area (Å²) in [6.45, 7) is 1.55. The predicted octanol–water partition coefficient (Wildman–Crippen LogP) is 2.84. The van der Waals surface area contributed by atoms with Gasteiger partial charge in [-0.2, -0.15) is 0 Å². The zero-order chi connectivity index (χ0) is 19.4. The molecule has 1 heterocycles. The first kappa shape index (κ1) is 18.8. The van der Waals surface area contributed by atoms with Crippen molar-refractivity contribution in [1.29, 1.82) is 0 Å². The Morgan fingerprint density at radius 3 is 2.67 bits per heavy atom. The van der Waals surface area contributed by atoms with Crippen LogP contribution in [0.4, 0.5) is 5.00 Å². The predicted molar refractivity (Wildman–Crippen MR) is 105 cm³/mol. The third kappa shape index (κ3) is 4.62. The molecule has 1 aromatic carbocycles. The van der Waals surface area contributed by atoms with E-state index >= 15 is 0 Å². The molecular formula is C20H20N2O4S. The standard InChI is InChI=1S/C20H20N2O4S/c1-12-5-7-13(8-6-12)9-10-17(24)26-11-16(23)22-20-18(19(21)25)14-3-2-4-15(14)27-20/h5-10H,2-4,11H2,1H3,(H2,21,25)(H,22,23). The van der Waals surface area contributed by atoms with Crippen LogP contribution in [0.15, 0.2) is 30.3 Å². The van der Waals surface area contributed by atoms with Crippen LogP contribution in [0, 0.1) is 6.92 Å². The number of carbonyl (C=O) groups is 3. The zero-order valence-corrected chi connectivity index (χ0v) is 15.7. The molecule has 0 saturated heterocycles. The normalized spacial score (nSPS) is 12.8. The summed E-state index contributed by atoms with van der Waals surface area (Å²) in [5, 5.41) is 3.07. The fraction of sp³-hybridized carbons (Fsp3) is 0.250. The van der Waals surface area contributed by atoms with Gasteiger partial charge in [-0.1, -0.05) is 29.8 Å². The lowest BCUT2D eigenvalue weighted by molar-refractivity contribution is -0.142. The minimum Gasteiger partial charge on any atom is -0.452 e. The van der Waals surface area contributed by atoms with E-state index in [0.29, 0.717) is 10.6 Å². The van der Waals surface area contributed by atoms with Gasteiger partial charge in [0.05, 0.1) is 5.56 Å². The van der Waals surface area contributed by atoms with E-state index < -0.39 is 24.4 Å². The van der Waals surface area contributed by atoms with Crippen LogP contribution in [0.1, 0.15) is 38.3 Å². The van der Waals surface area contributed by atoms with Crippen LogP contribution in [-0.2, 0) is 27.2 Å². The molecule has 0 atom stereocenters. The fourth-order valence-electron chi connectivity index (χ4n) is 2.94. The average molecular weight is 384 g/mol. The first-order valence-electron chi connectivity index (χ1n) is 8.59. The number of esters is 1. The number of aryl methyl sites for hydroxylation is 2. The van der Waals surface area contributed by atoms with E-state index in [2.05, 4.69) is 5.32 Å². The van der Waals surface area contributed by atoms with E-state index in [9.17, 15) is 14.4 Å². The molecule has 1 aliphatic carbocycles. The Bertz CT molecular complexity index is 913. The quantitative estimate of drug-likeness (QED) is 0.591. The maximum absolute atomic E-state index is 12.1. The van der Waals surface area contributed by atoms with Crippen molar-refractivity contribution in [1.82, 2.24) is 0 Å². The number of rotatable bonds is 6. The molecule has 7 heteroatoms. The molecule has 27 heavy (non-hydrogen) atoms. The van der Waals surface area contributed by atoms with Crippen molar-refractivity contribution in [2.24, 2.45) is 5.73 Å². The highest BCUT2D eigenvalue weighted by atomic mass is 32.1. The lowest BCUT2D eigenvalue weighted by atomic mass is 10.1. The summed E-state index contributed by atoms with van der Waals surface area (Å²) < 4.78 is 4.95. The Morgan fingerprint density at radius 2 is 1.96 bits per heavy atom. The smallest absolute Gasteiger partial charge is 0.331 e. The SMILES string of the molecule is Cc1ccc(C=CC(=O)OCC(=O)Nc2sc3c(c2C(N)=O)CCC3)cc1. The molecule has 2 aromatic rings. The third-order valence-corrected chi connectivity index (χ3v) is 5.46. The topological polar surface area (TPSA) is 98.5 Å². The van der Waals surface area contributed by atoms with Crippen molar-refractivity contribution in [3.05, 3.63) is 57.5 Å². The number of carbonyl (C=O) groups excluding carboxylic acids is 3. The zero-order valence-electron chi connectivity index (χ0n) is 14.9. The Labute approximate surface area is 161 Å². The Hall–Kier alpha value is -2.93. The lowest BCUT2D eigenvalue weighted by Gasteiger charge is -2.06. The van der Waals surface area contributed by atoms with E-state index in [1.807, 2.05) is 31.2 Å². The van der Waals surface area contributed by atoms with Crippen LogP contribution in [0.3, 0.4) is 0 Å². The molecule has 2 amide bonds. The van der Waals surface area contributed by atoms with Crippen molar-refractivity contribution >= 4 is 40.2 Å². The number of thiophene rings is 1. The van der Waals surface area contributed by atoms with Gasteiger partial charge in [-0.25, -0.2) is 4.79 Å². The van der Waals surface area contributed by atoms with Crippen LogP contribution in [0.25, 0.3) is 6.08 Å². The number of benzene rings is 1. The van der Waals surface area contributed by atoms with Crippen molar-refractivity contribution in [2.45, 2.75) is 26.2 Å². The molecule has 140 valence electrons. The number of ether oxygens (including phenoxy) is 1. The number of fused-ring (bicyclic) bond motifs is 1. The maximum atomic E-state index is 12.1. The second-order valence-electron chi connectivity index (χ2n) is 6.33. The highest BCUT2D eigenvalue weighted by molar-refractivity contribution is 7.17. The monoisotopic (exact) mass is 384 g/mol. The first-order chi connectivity index (χ1) is 12.9. The Morgan fingerprint density at radius 1 is 1.22 bits per heavy atom. The van der Waals surface area contributed by atoms with E-state index in [1.54, 1.807) is 6.08 Å². The molecule has 3 rings (SSSR count). The third-order valence-electron chi connectivity index (χ3n) is 4.26. The average Bonchev–Trinajstić information content (AvgIpc) is 3.19. The van der Waals surface area contributed by atoms with Crippen LogP contribution in [-0.4, -0.2) is 24.4 Å². The number of primary amides is 1. The Kier molecular flexibility index (Phi) is 5.71. The van der Waals surface area contributed by atoms with Gasteiger partial charge < -0.3 is 15.8 Å². The number of hydrogen-bond donors (Lipinski definition) is 2. The van der Waals surface area contributed by atoms with Crippen molar-refractivity contribution < 1.29 is 19.1 Å². The molecule has 0 spiro atoms. The van der Waals surface area contributed by atoms with Gasteiger partial charge in [0.1, 0.15) is 5.00 Å². The summed E-state index contributed by atoms with van der Waals surface area (Å²) in [5.41, 5.74) is 8.76. The first-order valence-corrected chi connectivity index (χ1v) is 9.41. The van der Waals surface area contributed by atoms with E-state index in [4.69, 9.17) is 10.5 Å². The highest BCUT2D eigenvalue weighted by Gasteiger charge is 2.26. The highest BCUT2D eigenvalue weighted by Crippen LogP contribution is 2.38. The number of amides is 2. The molecule has 3 N–H and O–H groups in total. The molecular weight excluding hydrogens is 364 g/mol. The second-order valence-corrected chi connectivity index (χ2v) is 7.43. The molecule has 1 aliphatic rings. The van der Waals surface area contributed by atoms with Crippen molar-refractivity contribution in [3.8, 4) is 0 Å². The molecule has 1 aromatic heterocycles. The van der Waals surface area contributed by atoms with E-state index in [1.165, 1.54) is 17.4 Å². The molecule has 0 fully saturated rings. The summed E-state index contributed by atoms with van der Waals surface area (Å²) in [7, 11) is 0. The van der Waals surface area contributed by atoms with Crippen LogP contribution in [0.2, 0.25) is 0 Å². The molecule has 0 saturated carbocycles. The van der Waals surface area contributed by atoms with Crippen molar-refractivity contribution in [2.75, 3.05) is 11.9 Å². The Balaban J connectivity index is 1.55. The van der Waals surface area contributed by atoms with Gasteiger partial charge in [0.25, 0.3) is 11.8 Å². The minimum atomic E-state index is -0.616. The van der Waals surface area contributed by atoms with Gasteiger partial charge in [0.15, 0.2) is 6.61 Å². The minimum absolute atomic E-state index is 0.381. The van der Waals surface area contributed by atoms with Crippen LogP contribution >= 0.6 is 11.3 Å². The summed E-state index contributed by atoms with van der Waals surface area (Å²) in [6, 6.07) is 7.64.